The van der Waals surface area contributed by atoms with E-state index >= 15 is 0 Å². The maximum absolute atomic E-state index is 12.3. The fourth-order valence-electron chi connectivity index (χ4n) is 4.08. The van der Waals surface area contributed by atoms with Crippen LogP contribution < -0.4 is 0 Å². The van der Waals surface area contributed by atoms with Gasteiger partial charge in [0.15, 0.2) is 0 Å². The van der Waals surface area contributed by atoms with Gasteiger partial charge in [0, 0.05) is 6.54 Å². The summed E-state index contributed by atoms with van der Waals surface area (Å²) in [6, 6.07) is 6.99. The predicted molar refractivity (Wildman–Crippen MR) is 86.6 cm³/mol. The quantitative estimate of drug-likeness (QED) is 0.748. The highest BCUT2D eigenvalue weighted by atomic mass is 35.5. The van der Waals surface area contributed by atoms with Crippen molar-refractivity contribution in [1.82, 2.24) is 4.90 Å². The molecule has 1 amide bonds. The normalized spacial score (nSPS) is 23.0. The molecule has 0 bridgehead atoms. The third-order valence-corrected chi connectivity index (χ3v) is 5.34. The maximum Gasteiger partial charge on any atom is 0.238 e. The van der Waals surface area contributed by atoms with Crippen LogP contribution in [0, 0.1) is 12.8 Å². The van der Waals surface area contributed by atoms with Crippen LogP contribution in [0.1, 0.15) is 54.8 Å². The van der Waals surface area contributed by atoms with Gasteiger partial charge < -0.3 is 4.90 Å². The zero-order valence-electron chi connectivity index (χ0n) is 12.8. The molecule has 0 N–H and O–H groups in total. The summed E-state index contributed by atoms with van der Waals surface area (Å²) in [6.45, 7) is 2.96. The van der Waals surface area contributed by atoms with E-state index in [0.29, 0.717) is 5.92 Å². The van der Waals surface area contributed by atoms with Crippen molar-refractivity contribution in [2.24, 2.45) is 5.92 Å². The smallest absolute Gasteiger partial charge is 0.238 e. The van der Waals surface area contributed by atoms with Crippen molar-refractivity contribution in [2.45, 2.75) is 51.5 Å². The minimum atomic E-state index is 0.0967. The Hall–Kier alpha value is -1.02. The summed E-state index contributed by atoms with van der Waals surface area (Å²) >= 11 is 5.86. The van der Waals surface area contributed by atoms with Crippen LogP contribution in [0.5, 0.6) is 0 Å². The third-order valence-electron chi connectivity index (χ3n) is 5.11. The van der Waals surface area contributed by atoms with Crippen LogP contribution in [-0.4, -0.2) is 23.2 Å². The van der Waals surface area contributed by atoms with E-state index in [9.17, 15) is 4.79 Å². The van der Waals surface area contributed by atoms with Crippen LogP contribution >= 0.6 is 11.6 Å². The lowest BCUT2D eigenvalue weighted by molar-refractivity contribution is -0.133. The molecule has 1 aromatic carbocycles. The van der Waals surface area contributed by atoms with Crippen molar-refractivity contribution in [3.8, 4) is 0 Å². The average molecular weight is 306 g/mol. The van der Waals surface area contributed by atoms with E-state index in [1.807, 2.05) is 0 Å². The second kappa shape index (κ2) is 6.39. The van der Waals surface area contributed by atoms with Crippen LogP contribution in [0.2, 0.25) is 0 Å². The Balaban J connectivity index is 1.99. The van der Waals surface area contributed by atoms with Crippen molar-refractivity contribution in [1.29, 1.82) is 0 Å². The lowest BCUT2D eigenvalue weighted by Crippen LogP contribution is -2.44. The molecule has 21 heavy (non-hydrogen) atoms. The number of aryl methyl sites for hydroxylation is 1. The lowest BCUT2D eigenvalue weighted by Gasteiger charge is -2.43. The zero-order valence-corrected chi connectivity index (χ0v) is 13.5. The Morgan fingerprint density at radius 2 is 2.05 bits per heavy atom. The number of halogens is 1. The van der Waals surface area contributed by atoms with Gasteiger partial charge in [-0.05, 0) is 43.2 Å². The topological polar surface area (TPSA) is 20.3 Å². The lowest BCUT2D eigenvalue weighted by atomic mass is 9.77. The molecule has 0 spiro atoms. The molecular formula is C18H24ClNO. The van der Waals surface area contributed by atoms with Gasteiger partial charge in [-0.1, -0.05) is 43.0 Å². The Kier molecular flexibility index (Phi) is 4.54. The fraction of sp³-hybridized carbons (Fsp3) is 0.611. The second-order valence-electron chi connectivity index (χ2n) is 6.52. The van der Waals surface area contributed by atoms with Gasteiger partial charge in [0.1, 0.15) is 5.88 Å². The molecule has 0 aromatic heterocycles. The van der Waals surface area contributed by atoms with E-state index in [4.69, 9.17) is 11.6 Å². The molecule has 3 heteroatoms. The molecule has 1 aromatic rings. The molecule has 1 atom stereocenters. The highest BCUT2D eigenvalue weighted by molar-refractivity contribution is 6.27. The number of rotatable bonds is 2. The van der Waals surface area contributed by atoms with Crippen LogP contribution in [0.15, 0.2) is 18.2 Å². The zero-order chi connectivity index (χ0) is 14.8. The Morgan fingerprint density at radius 1 is 1.29 bits per heavy atom. The van der Waals surface area contributed by atoms with Crippen molar-refractivity contribution in [3.05, 3.63) is 34.9 Å². The highest BCUT2D eigenvalue weighted by Crippen LogP contribution is 2.42. The molecular weight excluding hydrogens is 282 g/mol. The maximum atomic E-state index is 12.3. The molecule has 2 nitrogen and oxygen atoms in total. The van der Waals surface area contributed by atoms with Crippen LogP contribution in [0.3, 0.4) is 0 Å². The van der Waals surface area contributed by atoms with Gasteiger partial charge in [-0.3, -0.25) is 4.79 Å². The number of amides is 1. The fourth-order valence-corrected chi connectivity index (χ4v) is 4.23. The van der Waals surface area contributed by atoms with E-state index in [1.165, 1.54) is 48.8 Å². The number of carbonyl (C=O) groups is 1. The molecule has 0 radical (unpaired) electrons. The van der Waals surface area contributed by atoms with Crippen LogP contribution in [-0.2, 0) is 11.2 Å². The number of nitrogens with zero attached hydrogens (tertiary/aromatic N) is 1. The molecule has 0 saturated heterocycles. The summed E-state index contributed by atoms with van der Waals surface area (Å²) < 4.78 is 0. The number of alkyl halides is 1. The van der Waals surface area contributed by atoms with E-state index in [0.717, 1.165) is 13.0 Å². The monoisotopic (exact) mass is 305 g/mol. The van der Waals surface area contributed by atoms with Gasteiger partial charge in [0.2, 0.25) is 5.91 Å². The van der Waals surface area contributed by atoms with Crippen molar-refractivity contribution in [3.63, 3.8) is 0 Å². The van der Waals surface area contributed by atoms with Gasteiger partial charge in [-0.15, -0.1) is 11.6 Å². The second-order valence-corrected chi connectivity index (χ2v) is 6.78. The molecule has 1 aliphatic heterocycles. The van der Waals surface area contributed by atoms with Gasteiger partial charge in [-0.25, -0.2) is 0 Å². The van der Waals surface area contributed by atoms with Gasteiger partial charge in [-0.2, -0.15) is 0 Å². The van der Waals surface area contributed by atoms with Crippen LogP contribution in [0.4, 0.5) is 0 Å². The number of carbonyl (C=O) groups excluding carboxylic acids is 1. The molecule has 1 fully saturated rings. The molecule has 3 rings (SSSR count). The molecule has 114 valence electrons. The third kappa shape index (κ3) is 2.96. The van der Waals surface area contributed by atoms with Crippen LogP contribution in [0.25, 0.3) is 0 Å². The van der Waals surface area contributed by atoms with E-state index in [2.05, 4.69) is 30.0 Å². The van der Waals surface area contributed by atoms with Crippen molar-refractivity contribution < 1.29 is 4.79 Å². The molecule has 1 unspecified atom stereocenters. The number of benzene rings is 1. The minimum Gasteiger partial charge on any atom is -0.334 e. The first-order chi connectivity index (χ1) is 10.2. The number of hydrogen-bond acceptors (Lipinski definition) is 1. The number of hydrogen-bond donors (Lipinski definition) is 0. The van der Waals surface area contributed by atoms with Gasteiger partial charge in [0.25, 0.3) is 0 Å². The van der Waals surface area contributed by atoms with Gasteiger partial charge >= 0.3 is 0 Å². The standard InChI is InChI=1S/C18H24ClNO/c1-13-7-8-14-9-10-20(17(21)12-19)18(16(14)11-13)15-5-3-2-4-6-15/h7-8,11,15,18H,2-6,9-10,12H2,1H3. The highest BCUT2D eigenvalue weighted by Gasteiger charge is 2.36. The van der Waals surface area contributed by atoms with Crippen molar-refractivity contribution >= 4 is 17.5 Å². The predicted octanol–water partition coefficient (Wildman–Crippen LogP) is 4.24. The Morgan fingerprint density at radius 3 is 2.76 bits per heavy atom. The summed E-state index contributed by atoms with van der Waals surface area (Å²) in [6.07, 6.45) is 7.37. The summed E-state index contributed by atoms with van der Waals surface area (Å²) in [5.41, 5.74) is 4.09. The van der Waals surface area contributed by atoms with E-state index < -0.39 is 0 Å². The largest absolute Gasteiger partial charge is 0.334 e. The first-order valence-corrected chi connectivity index (χ1v) is 8.69. The van der Waals surface area contributed by atoms with Crippen molar-refractivity contribution in [2.75, 3.05) is 12.4 Å². The Bertz CT molecular complexity index is 522. The summed E-state index contributed by atoms with van der Waals surface area (Å²) in [7, 11) is 0. The van der Waals surface area contributed by atoms with E-state index in [1.54, 1.807) is 0 Å². The summed E-state index contributed by atoms with van der Waals surface area (Å²) in [5, 5.41) is 0. The summed E-state index contributed by atoms with van der Waals surface area (Å²) in [5.74, 6) is 0.802. The SMILES string of the molecule is Cc1ccc2c(c1)C(C1CCCCC1)N(C(=O)CCl)CC2. The van der Waals surface area contributed by atoms with E-state index in [-0.39, 0.29) is 17.8 Å². The molecule has 2 aliphatic rings. The molecule has 1 heterocycles. The minimum absolute atomic E-state index is 0.0967. The first-order valence-electron chi connectivity index (χ1n) is 8.15. The summed E-state index contributed by atoms with van der Waals surface area (Å²) in [4.78, 5) is 14.4. The Labute approximate surface area is 132 Å². The van der Waals surface area contributed by atoms with Gasteiger partial charge in [0.05, 0.1) is 6.04 Å². The average Bonchev–Trinajstić information content (AvgIpc) is 2.53. The number of fused-ring (bicyclic) bond motifs is 1. The first kappa shape index (κ1) is 14.9. The molecule has 1 saturated carbocycles. The molecule has 1 aliphatic carbocycles.